The zero-order valence-electron chi connectivity index (χ0n) is 18.2. The van der Waals surface area contributed by atoms with Crippen LogP contribution in [0, 0.1) is 23.2 Å². The zero-order chi connectivity index (χ0) is 20.7. The summed E-state index contributed by atoms with van der Waals surface area (Å²) in [5.74, 6) is 2.48. The Bertz CT molecular complexity index is 760. The summed E-state index contributed by atoms with van der Waals surface area (Å²) in [5.41, 5.74) is 1.34. The van der Waals surface area contributed by atoms with Crippen molar-refractivity contribution in [3.63, 3.8) is 0 Å². The number of carbonyl (C=O) groups excluding carboxylic acids is 2. The van der Waals surface area contributed by atoms with Gasteiger partial charge in [0.05, 0.1) is 5.41 Å². The molecule has 4 saturated carbocycles. The van der Waals surface area contributed by atoms with Crippen molar-refractivity contribution < 1.29 is 9.59 Å². The van der Waals surface area contributed by atoms with Crippen molar-refractivity contribution in [2.24, 2.45) is 23.2 Å². The number of benzene rings is 1. The Morgan fingerprint density at radius 1 is 0.967 bits per heavy atom. The van der Waals surface area contributed by atoms with Gasteiger partial charge in [0.15, 0.2) is 0 Å². The molecule has 2 N–H and O–H groups in total. The van der Waals surface area contributed by atoms with Crippen LogP contribution in [0.2, 0.25) is 0 Å². The lowest BCUT2D eigenvalue weighted by Crippen LogP contribution is -2.51. The fraction of sp³-hybridized carbons (Fsp3) is 0.680. The lowest BCUT2D eigenvalue weighted by atomic mass is 9.49. The molecule has 4 bridgehead atoms. The molecule has 162 valence electrons. The van der Waals surface area contributed by atoms with E-state index in [4.69, 9.17) is 0 Å². The number of amides is 2. The fourth-order valence-electron chi connectivity index (χ4n) is 7.02. The first-order valence-electron chi connectivity index (χ1n) is 12.0. The van der Waals surface area contributed by atoms with E-state index in [1.165, 1.54) is 19.3 Å². The quantitative estimate of drug-likeness (QED) is 0.771. The molecule has 0 aromatic heterocycles. The Morgan fingerprint density at radius 2 is 1.53 bits per heavy atom. The predicted octanol–water partition coefficient (Wildman–Crippen LogP) is 4.06. The number of piperidine rings is 1. The average molecular weight is 410 g/mol. The van der Waals surface area contributed by atoms with Crippen molar-refractivity contribution in [1.29, 1.82) is 0 Å². The molecule has 6 rings (SSSR count). The molecule has 5 fully saturated rings. The molecule has 4 aliphatic carbocycles. The second-order valence-corrected chi connectivity index (χ2v) is 10.4. The molecule has 1 saturated heterocycles. The van der Waals surface area contributed by atoms with Crippen LogP contribution in [0.1, 0.15) is 68.6 Å². The summed E-state index contributed by atoms with van der Waals surface area (Å²) >= 11 is 0. The minimum Gasteiger partial charge on any atom is -0.349 e. The van der Waals surface area contributed by atoms with Gasteiger partial charge < -0.3 is 15.5 Å². The molecule has 5 aliphatic rings. The third-order valence-electron chi connectivity index (χ3n) is 8.29. The highest BCUT2D eigenvalue weighted by molar-refractivity contribution is 5.97. The number of likely N-dealkylation sites (tertiary alicyclic amines) is 1. The van der Waals surface area contributed by atoms with Crippen molar-refractivity contribution >= 4 is 17.5 Å². The van der Waals surface area contributed by atoms with Crippen LogP contribution in [0.15, 0.2) is 24.3 Å². The van der Waals surface area contributed by atoms with Gasteiger partial charge in [-0.1, -0.05) is 6.92 Å². The van der Waals surface area contributed by atoms with Crippen molar-refractivity contribution in [2.45, 2.75) is 64.3 Å². The molecule has 1 heterocycles. The molecule has 0 radical (unpaired) electrons. The molecule has 5 nitrogen and oxygen atoms in total. The van der Waals surface area contributed by atoms with E-state index in [1.54, 1.807) is 0 Å². The van der Waals surface area contributed by atoms with E-state index in [2.05, 4.69) is 22.5 Å². The molecule has 1 aromatic rings. The van der Waals surface area contributed by atoms with Crippen molar-refractivity contribution in [1.82, 2.24) is 10.2 Å². The maximum atomic E-state index is 13.2. The minimum absolute atomic E-state index is 0.0103. The number of rotatable bonds is 5. The van der Waals surface area contributed by atoms with E-state index >= 15 is 0 Å². The lowest BCUT2D eigenvalue weighted by Gasteiger charge is -2.55. The molecule has 1 aliphatic heterocycles. The molecule has 1 aromatic carbocycles. The summed E-state index contributed by atoms with van der Waals surface area (Å²) in [5, 5.41) is 6.36. The van der Waals surface area contributed by atoms with Gasteiger partial charge >= 0.3 is 0 Å². The fourth-order valence-corrected chi connectivity index (χ4v) is 7.02. The van der Waals surface area contributed by atoms with E-state index in [0.717, 1.165) is 75.2 Å². The SMILES string of the molecule is CCN1CCC(NC(=O)c2ccc(NC(=O)C34CC5CC(CC(C5)C3)C4)cc2)CC1. The van der Waals surface area contributed by atoms with Crippen LogP contribution < -0.4 is 10.6 Å². The Morgan fingerprint density at radius 3 is 2.07 bits per heavy atom. The zero-order valence-corrected chi connectivity index (χ0v) is 18.2. The van der Waals surface area contributed by atoms with Gasteiger partial charge in [-0.3, -0.25) is 9.59 Å². The van der Waals surface area contributed by atoms with E-state index in [9.17, 15) is 9.59 Å². The van der Waals surface area contributed by atoms with Crippen molar-refractivity contribution in [2.75, 3.05) is 25.0 Å². The standard InChI is InChI=1S/C25H35N3O2/c1-2-28-9-7-22(8-10-28)26-23(29)20-3-5-21(6-4-20)27-24(30)25-14-17-11-18(15-25)13-19(12-17)16-25/h3-6,17-19,22H,2,7-16H2,1H3,(H,26,29)(H,27,30). The molecular formula is C25H35N3O2. The highest BCUT2D eigenvalue weighted by atomic mass is 16.2. The topological polar surface area (TPSA) is 61.4 Å². The summed E-state index contributed by atoms with van der Waals surface area (Å²) in [6.45, 7) is 5.37. The molecule has 0 spiro atoms. The average Bonchev–Trinajstić information content (AvgIpc) is 2.74. The molecule has 0 unspecified atom stereocenters. The maximum absolute atomic E-state index is 13.2. The van der Waals surface area contributed by atoms with Gasteiger partial charge in [0.2, 0.25) is 5.91 Å². The van der Waals surface area contributed by atoms with Crippen LogP contribution in [-0.2, 0) is 4.79 Å². The number of hydrogen-bond donors (Lipinski definition) is 2. The predicted molar refractivity (Wildman–Crippen MR) is 118 cm³/mol. The van der Waals surface area contributed by atoms with Crippen LogP contribution in [0.4, 0.5) is 5.69 Å². The number of nitrogens with one attached hydrogen (secondary N) is 2. The molecule has 2 amide bonds. The molecular weight excluding hydrogens is 374 g/mol. The first-order chi connectivity index (χ1) is 14.5. The van der Waals surface area contributed by atoms with Gasteiger partial charge in [-0.15, -0.1) is 0 Å². The first kappa shape index (κ1) is 20.0. The second kappa shape index (κ2) is 7.99. The summed E-state index contributed by atoms with van der Waals surface area (Å²) in [6, 6.07) is 7.70. The van der Waals surface area contributed by atoms with Crippen LogP contribution >= 0.6 is 0 Å². The third-order valence-corrected chi connectivity index (χ3v) is 8.29. The van der Waals surface area contributed by atoms with E-state index in [1.807, 2.05) is 24.3 Å². The van der Waals surface area contributed by atoms with E-state index < -0.39 is 0 Å². The van der Waals surface area contributed by atoms with Crippen molar-refractivity contribution in [3.05, 3.63) is 29.8 Å². The Hall–Kier alpha value is -1.88. The smallest absolute Gasteiger partial charge is 0.251 e. The number of anilines is 1. The number of nitrogens with zero attached hydrogens (tertiary/aromatic N) is 1. The first-order valence-corrected chi connectivity index (χ1v) is 12.0. The van der Waals surface area contributed by atoms with Crippen LogP contribution in [0.3, 0.4) is 0 Å². The van der Waals surface area contributed by atoms with Gasteiger partial charge in [-0.2, -0.15) is 0 Å². The number of carbonyl (C=O) groups is 2. The van der Waals surface area contributed by atoms with Gasteiger partial charge in [-0.25, -0.2) is 0 Å². The van der Waals surface area contributed by atoms with Gasteiger partial charge in [0, 0.05) is 30.4 Å². The maximum Gasteiger partial charge on any atom is 0.251 e. The minimum atomic E-state index is -0.141. The Labute approximate surface area is 180 Å². The summed E-state index contributed by atoms with van der Waals surface area (Å²) in [7, 11) is 0. The van der Waals surface area contributed by atoms with E-state index in [-0.39, 0.29) is 23.3 Å². The van der Waals surface area contributed by atoms with Gasteiger partial charge in [0.1, 0.15) is 0 Å². The monoisotopic (exact) mass is 409 g/mol. The van der Waals surface area contributed by atoms with Crippen LogP contribution in [0.5, 0.6) is 0 Å². The second-order valence-electron chi connectivity index (χ2n) is 10.4. The molecule has 5 heteroatoms. The van der Waals surface area contributed by atoms with E-state index in [0.29, 0.717) is 5.56 Å². The normalized spacial score (nSPS) is 33.4. The van der Waals surface area contributed by atoms with Gasteiger partial charge in [-0.05, 0) is 99.9 Å². The molecule has 0 atom stereocenters. The Kier molecular flexibility index (Phi) is 5.34. The third kappa shape index (κ3) is 3.89. The summed E-state index contributed by atoms with van der Waals surface area (Å²) in [4.78, 5) is 28.2. The largest absolute Gasteiger partial charge is 0.349 e. The summed E-state index contributed by atoms with van der Waals surface area (Å²) < 4.78 is 0. The summed E-state index contributed by atoms with van der Waals surface area (Å²) in [6.07, 6.45) is 9.26. The van der Waals surface area contributed by atoms with Crippen LogP contribution in [-0.4, -0.2) is 42.4 Å². The lowest BCUT2D eigenvalue weighted by molar-refractivity contribution is -0.140. The number of hydrogen-bond acceptors (Lipinski definition) is 3. The van der Waals surface area contributed by atoms with Crippen LogP contribution in [0.25, 0.3) is 0 Å². The Balaban J connectivity index is 1.17. The highest BCUT2D eigenvalue weighted by Gasteiger charge is 2.54. The van der Waals surface area contributed by atoms with Crippen molar-refractivity contribution in [3.8, 4) is 0 Å². The van der Waals surface area contributed by atoms with Gasteiger partial charge in [0.25, 0.3) is 5.91 Å². The highest BCUT2D eigenvalue weighted by Crippen LogP contribution is 2.60. The molecule has 30 heavy (non-hydrogen) atoms.